The van der Waals surface area contributed by atoms with Gasteiger partial charge in [-0.1, -0.05) is 38.1 Å². The Hall–Kier alpha value is -2.34. The molecule has 0 saturated carbocycles. The molecule has 138 valence electrons. The lowest BCUT2D eigenvalue weighted by atomic mass is 9.77. The van der Waals surface area contributed by atoms with Crippen molar-refractivity contribution in [3.05, 3.63) is 36.4 Å². The third kappa shape index (κ3) is 2.43. The molecule has 3 aliphatic heterocycles. The van der Waals surface area contributed by atoms with E-state index in [-0.39, 0.29) is 23.9 Å². The summed E-state index contributed by atoms with van der Waals surface area (Å²) in [6.07, 6.45) is 3.43. The molecule has 0 radical (unpaired) electrons. The lowest BCUT2D eigenvalue weighted by Gasteiger charge is -2.23. The van der Waals surface area contributed by atoms with Gasteiger partial charge in [-0.25, -0.2) is 0 Å². The molecule has 1 amide bonds. The van der Waals surface area contributed by atoms with Crippen molar-refractivity contribution in [2.24, 2.45) is 17.8 Å². The Morgan fingerprint density at radius 1 is 1.38 bits per heavy atom. The number of para-hydroxylation sites is 2. The van der Waals surface area contributed by atoms with Gasteiger partial charge in [-0.05, 0) is 18.1 Å². The van der Waals surface area contributed by atoms with E-state index in [2.05, 4.69) is 0 Å². The van der Waals surface area contributed by atoms with E-state index in [9.17, 15) is 9.59 Å². The van der Waals surface area contributed by atoms with Crippen LogP contribution in [0.4, 0.5) is 5.69 Å². The second-order valence-corrected chi connectivity index (χ2v) is 7.52. The zero-order chi connectivity index (χ0) is 18.5. The van der Waals surface area contributed by atoms with Gasteiger partial charge in [0.1, 0.15) is 17.3 Å². The van der Waals surface area contributed by atoms with Gasteiger partial charge in [-0.2, -0.15) is 0 Å². The predicted molar refractivity (Wildman–Crippen MR) is 94.9 cm³/mol. The van der Waals surface area contributed by atoms with E-state index in [0.717, 1.165) is 0 Å². The number of carbonyl (C=O) groups is 2. The van der Waals surface area contributed by atoms with E-state index < -0.39 is 17.4 Å². The Morgan fingerprint density at radius 3 is 2.88 bits per heavy atom. The van der Waals surface area contributed by atoms with Crippen LogP contribution in [-0.4, -0.2) is 43.8 Å². The zero-order valence-corrected chi connectivity index (χ0v) is 15.2. The standard InChI is InChI=1S/C20H23NO5/c1-12(2)10-25-19(23)16-15-8-9-20(26-15)11-21(18(22)17(16)20)13-6-4-5-7-14(13)24-3/h4-9,12,15-17H,10-11H2,1-3H3/t15-,16+,17+,20-/m1/s1. The molecule has 0 aliphatic carbocycles. The molecule has 4 atom stereocenters. The number of anilines is 1. The SMILES string of the molecule is COc1ccccc1N1C[C@@]23C=C[C@@H](O2)[C@H](C(=O)OCC(C)C)[C@H]3C1=O. The molecule has 2 bridgehead atoms. The highest BCUT2D eigenvalue weighted by Gasteiger charge is 2.67. The molecule has 0 N–H and O–H groups in total. The lowest BCUT2D eigenvalue weighted by Crippen LogP contribution is -2.40. The number of rotatable bonds is 5. The molecule has 3 aliphatic rings. The van der Waals surface area contributed by atoms with Crippen molar-refractivity contribution in [3.63, 3.8) is 0 Å². The van der Waals surface area contributed by atoms with Gasteiger partial charge in [0.2, 0.25) is 5.91 Å². The van der Waals surface area contributed by atoms with Crippen molar-refractivity contribution in [2.45, 2.75) is 25.6 Å². The van der Waals surface area contributed by atoms with Crippen molar-refractivity contribution < 1.29 is 23.8 Å². The van der Waals surface area contributed by atoms with Crippen LogP contribution in [0.2, 0.25) is 0 Å². The Balaban J connectivity index is 1.64. The highest BCUT2D eigenvalue weighted by molar-refractivity contribution is 6.03. The number of hydrogen-bond acceptors (Lipinski definition) is 5. The third-order valence-corrected chi connectivity index (χ3v) is 5.31. The summed E-state index contributed by atoms with van der Waals surface area (Å²) in [6, 6.07) is 7.38. The first-order chi connectivity index (χ1) is 12.5. The molecular weight excluding hydrogens is 334 g/mol. The first-order valence-electron chi connectivity index (χ1n) is 8.95. The Morgan fingerprint density at radius 2 is 2.15 bits per heavy atom. The summed E-state index contributed by atoms with van der Waals surface area (Å²) in [7, 11) is 1.58. The average molecular weight is 357 g/mol. The van der Waals surface area contributed by atoms with Crippen molar-refractivity contribution in [1.82, 2.24) is 0 Å². The van der Waals surface area contributed by atoms with Crippen molar-refractivity contribution in [3.8, 4) is 5.75 Å². The molecule has 26 heavy (non-hydrogen) atoms. The van der Waals surface area contributed by atoms with Crippen molar-refractivity contribution >= 4 is 17.6 Å². The number of amides is 1. The first kappa shape index (κ1) is 17.1. The van der Waals surface area contributed by atoms with Crippen LogP contribution >= 0.6 is 0 Å². The maximum Gasteiger partial charge on any atom is 0.312 e. The fourth-order valence-corrected chi connectivity index (χ4v) is 4.17. The maximum absolute atomic E-state index is 13.2. The van der Waals surface area contributed by atoms with E-state index in [1.807, 2.05) is 50.3 Å². The summed E-state index contributed by atoms with van der Waals surface area (Å²) in [4.78, 5) is 27.6. The lowest BCUT2D eigenvalue weighted by molar-refractivity contribution is -0.153. The van der Waals surface area contributed by atoms with Crippen LogP contribution in [0, 0.1) is 17.8 Å². The third-order valence-electron chi connectivity index (χ3n) is 5.31. The highest BCUT2D eigenvalue weighted by atomic mass is 16.6. The second kappa shape index (κ2) is 6.13. The Bertz CT molecular complexity index is 773. The normalized spacial score (nSPS) is 31.6. The summed E-state index contributed by atoms with van der Waals surface area (Å²) in [6.45, 7) is 4.68. The second-order valence-electron chi connectivity index (χ2n) is 7.52. The molecule has 1 spiro atoms. The minimum absolute atomic E-state index is 0.118. The van der Waals surface area contributed by atoms with Crippen LogP contribution in [0.1, 0.15) is 13.8 Å². The fourth-order valence-electron chi connectivity index (χ4n) is 4.17. The molecule has 4 rings (SSSR count). The molecular formula is C20H23NO5. The summed E-state index contributed by atoms with van der Waals surface area (Å²) in [5.41, 5.74) is -0.0667. The Labute approximate surface area is 152 Å². The number of methoxy groups -OCH3 is 1. The van der Waals surface area contributed by atoms with Gasteiger partial charge in [0.25, 0.3) is 0 Å². The number of ether oxygens (including phenoxy) is 3. The van der Waals surface area contributed by atoms with Gasteiger partial charge < -0.3 is 19.1 Å². The van der Waals surface area contributed by atoms with E-state index in [0.29, 0.717) is 24.6 Å². The predicted octanol–water partition coefficient (Wildman–Crippen LogP) is 2.18. The van der Waals surface area contributed by atoms with E-state index in [1.165, 1.54) is 0 Å². The van der Waals surface area contributed by atoms with Crippen LogP contribution in [0.5, 0.6) is 5.75 Å². The number of carbonyl (C=O) groups excluding carboxylic acids is 2. The number of nitrogens with zero attached hydrogens (tertiary/aromatic N) is 1. The van der Waals surface area contributed by atoms with Gasteiger partial charge in [0.15, 0.2) is 0 Å². The zero-order valence-electron chi connectivity index (χ0n) is 15.2. The van der Waals surface area contributed by atoms with Crippen LogP contribution in [0.25, 0.3) is 0 Å². The maximum atomic E-state index is 13.2. The van der Waals surface area contributed by atoms with Gasteiger partial charge in [-0.3, -0.25) is 9.59 Å². The largest absolute Gasteiger partial charge is 0.495 e. The van der Waals surface area contributed by atoms with Crippen LogP contribution in [-0.2, 0) is 19.1 Å². The van der Waals surface area contributed by atoms with Gasteiger partial charge in [-0.15, -0.1) is 0 Å². The van der Waals surface area contributed by atoms with Gasteiger partial charge in [0.05, 0.1) is 38.0 Å². The molecule has 2 saturated heterocycles. The molecule has 2 fully saturated rings. The molecule has 1 aromatic carbocycles. The van der Waals surface area contributed by atoms with Crippen molar-refractivity contribution in [1.29, 1.82) is 0 Å². The minimum Gasteiger partial charge on any atom is -0.495 e. The monoisotopic (exact) mass is 357 g/mol. The van der Waals surface area contributed by atoms with E-state index >= 15 is 0 Å². The summed E-state index contributed by atoms with van der Waals surface area (Å²) >= 11 is 0. The minimum atomic E-state index is -0.760. The summed E-state index contributed by atoms with van der Waals surface area (Å²) < 4.78 is 16.9. The topological polar surface area (TPSA) is 65.1 Å². The molecule has 0 aromatic heterocycles. The average Bonchev–Trinajstić information content (AvgIpc) is 3.28. The van der Waals surface area contributed by atoms with Gasteiger partial charge >= 0.3 is 5.97 Å². The number of fused-ring (bicyclic) bond motifs is 1. The van der Waals surface area contributed by atoms with Crippen LogP contribution < -0.4 is 9.64 Å². The molecule has 6 nitrogen and oxygen atoms in total. The highest BCUT2D eigenvalue weighted by Crippen LogP contribution is 2.53. The quantitative estimate of drug-likeness (QED) is 0.597. The van der Waals surface area contributed by atoms with Crippen LogP contribution in [0.3, 0.4) is 0 Å². The summed E-state index contributed by atoms with van der Waals surface area (Å²) in [5.74, 6) is -0.752. The smallest absolute Gasteiger partial charge is 0.312 e. The molecule has 6 heteroatoms. The van der Waals surface area contributed by atoms with Crippen molar-refractivity contribution in [2.75, 3.05) is 25.2 Å². The number of benzene rings is 1. The molecule has 1 aromatic rings. The first-order valence-corrected chi connectivity index (χ1v) is 8.95. The summed E-state index contributed by atoms with van der Waals surface area (Å²) in [5, 5.41) is 0. The van der Waals surface area contributed by atoms with Crippen LogP contribution in [0.15, 0.2) is 36.4 Å². The van der Waals surface area contributed by atoms with Gasteiger partial charge in [0, 0.05) is 0 Å². The fraction of sp³-hybridized carbons (Fsp3) is 0.500. The number of hydrogen-bond donors (Lipinski definition) is 0. The van der Waals surface area contributed by atoms with E-state index in [1.54, 1.807) is 12.0 Å². The Kier molecular flexibility index (Phi) is 4.03. The number of esters is 1. The molecule has 0 unspecified atom stereocenters. The molecule has 3 heterocycles. The van der Waals surface area contributed by atoms with E-state index in [4.69, 9.17) is 14.2 Å².